The SMILES string of the molecule is CCCCCCCCCCCCCCCC[N+](C)(C)Cc1ccccc1.CCCCCCCC[PH](CCCCCCCC)(CCCCCCCC)OC(C)=O. The van der Waals surface area contributed by atoms with Crippen LogP contribution in [0.25, 0.3) is 0 Å². The average molecular weight is 791 g/mol. The standard InChI is InChI=1S/C26H55O2P.C25H46N/c1-5-8-11-14-17-20-23-29(28-26(4)27,24-21-18-15-12-9-6-2)25-22-19-16-13-10-7-3;1-4-5-6-7-8-9-10-11-12-13-14-15-16-20-23-26(2,3)24-25-21-18-17-19-22-25/h29H,5-25H2,1-4H3;17-19,21-22H,4-16,20,23-24H2,1-3H3/q;+1. The molecular formula is C51H101NO2P+. The van der Waals surface area contributed by atoms with Gasteiger partial charge in [0, 0.05) is 5.56 Å². The summed E-state index contributed by atoms with van der Waals surface area (Å²) < 4.78 is 7.33. The first-order valence-electron chi connectivity index (χ1n) is 24.8. The van der Waals surface area contributed by atoms with E-state index in [9.17, 15) is 4.79 Å². The fourth-order valence-electron chi connectivity index (χ4n) is 8.41. The molecule has 326 valence electrons. The minimum absolute atomic E-state index is 0.0142. The molecule has 0 atom stereocenters. The van der Waals surface area contributed by atoms with Crippen molar-refractivity contribution in [3.05, 3.63) is 35.9 Å². The summed E-state index contributed by atoms with van der Waals surface area (Å²) in [6.45, 7) is 13.2. The van der Waals surface area contributed by atoms with Gasteiger partial charge < -0.3 is 4.48 Å². The molecule has 0 saturated carbocycles. The Morgan fingerprint density at radius 1 is 0.455 bits per heavy atom. The van der Waals surface area contributed by atoms with E-state index in [1.165, 1.54) is 236 Å². The van der Waals surface area contributed by atoms with Gasteiger partial charge in [-0.05, 0) is 12.8 Å². The monoisotopic (exact) mass is 791 g/mol. The van der Waals surface area contributed by atoms with E-state index < -0.39 is 7.49 Å². The number of unbranched alkanes of at least 4 members (excludes halogenated alkanes) is 28. The Morgan fingerprint density at radius 2 is 0.745 bits per heavy atom. The van der Waals surface area contributed by atoms with E-state index in [0.29, 0.717) is 0 Å². The van der Waals surface area contributed by atoms with Gasteiger partial charge in [-0.1, -0.05) is 114 Å². The summed E-state index contributed by atoms with van der Waals surface area (Å²) in [6.07, 6.45) is 47.8. The van der Waals surface area contributed by atoms with E-state index in [1.54, 1.807) is 6.92 Å². The second-order valence-electron chi connectivity index (χ2n) is 18.2. The zero-order valence-corrected chi connectivity index (χ0v) is 39.8. The van der Waals surface area contributed by atoms with E-state index in [2.05, 4.69) is 72.1 Å². The van der Waals surface area contributed by atoms with Gasteiger partial charge in [0.1, 0.15) is 6.54 Å². The summed E-state index contributed by atoms with van der Waals surface area (Å²) >= 11 is 0. The van der Waals surface area contributed by atoms with E-state index in [-0.39, 0.29) is 5.97 Å². The van der Waals surface area contributed by atoms with Crippen molar-refractivity contribution in [3.8, 4) is 0 Å². The first kappa shape index (κ1) is 54.1. The van der Waals surface area contributed by atoms with Crippen LogP contribution >= 0.6 is 7.49 Å². The van der Waals surface area contributed by atoms with Gasteiger partial charge in [-0.2, -0.15) is 0 Å². The summed E-state index contributed by atoms with van der Waals surface area (Å²) in [5.74, 6) is -0.0142. The quantitative estimate of drug-likeness (QED) is 0.0377. The Bertz CT molecular complexity index is 878. The van der Waals surface area contributed by atoms with Crippen LogP contribution in [-0.4, -0.2) is 49.6 Å². The van der Waals surface area contributed by atoms with Crippen LogP contribution in [0.5, 0.6) is 0 Å². The molecule has 0 fully saturated rings. The molecule has 0 amide bonds. The molecule has 1 aromatic carbocycles. The van der Waals surface area contributed by atoms with Crippen molar-refractivity contribution < 1.29 is 13.8 Å². The summed E-state index contributed by atoms with van der Waals surface area (Å²) in [5, 5.41) is 0. The van der Waals surface area contributed by atoms with Crippen LogP contribution in [0.3, 0.4) is 0 Å². The summed E-state index contributed by atoms with van der Waals surface area (Å²) in [5.41, 5.74) is 1.46. The maximum absolute atomic E-state index is 12.0. The Labute approximate surface area is 347 Å². The molecule has 4 heteroatoms. The molecular weight excluding hydrogens is 690 g/mol. The van der Waals surface area contributed by atoms with E-state index >= 15 is 0 Å². The van der Waals surface area contributed by atoms with Gasteiger partial charge in [0.15, 0.2) is 0 Å². The van der Waals surface area contributed by atoms with Crippen LogP contribution in [0.1, 0.15) is 246 Å². The zero-order chi connectivity index (χ0) is 40.6. The minimum atomic E-state index is -1.91. The van der Waals surface area contributed by atoms with Gasteiger partial charge in [-0.15, -0.1) is 0 Å². The van der Waals surface area contributed by atoms with Gasteiger partial charge in [0.25, 0.3) is 0 Å². The van der Waals surface area contributed by atoms with Crippen LogP contribution in [0.15, 0.2) is 30.3 Å². The summed E-state index contributed by atoms with van der Waals surface area (Å²) in [6, 6.07) is 10.9. The van der Waals surface area contributed by atoms with Crippen LogP contribution in [-0.2, 0) is 15.9 Å². The third-order valence-electron chi connectivity index (χ3n) is 11.9. The summed E-state index contributed by atoms with van der Waals surface area (Å²) in [7, 11) is 2.83. The molecule has 3 nitrogen and oxygen atoms in total. The van der Waals surface area contributed by atoms with Crippen LogP contribution < -0.4 is 0 Å². The van der Waals surface area contributed by atoms with E-state index in [1.807, 2.05) is 0 Å². The van der Waals surface area contributed by atoms with Gasteiger partial charge >= 0.3 is 185 Å². The molecule has 1 rings (SSSR count). The van der Waals surface area contributed by atoms with Gasteiger partial charge in [-0.25, -0.2) is 0 Å². The number of benzene rings is 1. The molecule has 0 heterocycles. The van der Waals surface area contributed by atoms with Crippen LogP contribution in [0, 0.1) is 0 Å². The summed E-state index contributed by atoms with van der Waals surface area (Å²) in [4.78, 5) is 12.0. The molecule has 0 aliphatic heterocycles. The van der Waals surface area contributed by atoms with Gasteiger partial charge in [-0.3, -0.25) is 0 Å². The van der Waals surface area contributed by atoms with Gasteiger partial charge in [0.2, 0.25) is 0 Å². The predicted octanol–water partition coefficient (Wildman–Crippen LogP) is 17.0. The number of quaternary nitrogens is 1. The fraction of sp³-hybridized carbons (Fsp3) is 0.863. The van der Waals surface area contributed by atoms with Crippen LogP contribution in [0.2, 0.25) is 0 Å². The molecule has 1 aromatic rings. The second kappa shape index (κ2) is 39.9. The molecule has 55 heavy (non-hydrogen) atoms. The van der Waals surface area contributed by atoms with Crippen molar-refractivity contribution in [2.45, 2.75) is 247 Å². The van der Waals surface area contributed by atoms with Crippen molar-refractivity contribution in [1.82, 2.24) is 0 Å². The van der Waals surface area contributed by atoms with E-state index in [0.717, 1.165) is 11.0 Å². The molecule has 0 bridgehead atoms. The average Bonchev–Trinajstić information content (AvgIpc) is 3.16. The molecule has 0 aliphatic rings. The molecule has 0 saturated heterocycles. The number of hydrogen-bond donors (Lipinski definition) is 0. The van der Waals surface area contributed by atoms with Crippen LogP contribution in [0.4, 0.5) is 0 Å². The predicted molar refractivity (Wildman–Crippen MR) is 252 cm³/mol. The van der Waals surface area contributed by atoms with Crippen molar-refractivity contribution in [1.29, 1.82) is 0 Å². The number of rotatable bonds is 39. The molecule has 0 N–H and O–H groups in total. The van der Waals surface area contributed by atoms with Gasteiger partial charge in [0.05, 0.1) is 20.6 Å². The molecule has 0 unspecified atom stereocenters. The van der Waals surface area contributed by atoms with Crippen molar-refractivity contribution >= 4 is 13.5 Å². The van der Waals surface area contributed by atoms with Crippen molar-refractivity contribution in [2.75, 3.05) is 39.1 Å². The second-order valence-corrected chi connectivity index (χ2v) is 22.3. The fourth-order valence-corrected chi connectivity index (χ4v) is 12.8. The third-order valence-corrected chi connectivity index (χ3v) is 16.4. The number of nitrogens with zero attached hydrogens (tertiary/aromatic N) is 1. The topological polar surface area (TPSA) is 26.3 Å². The van der Waals surface area contributed by atoms with Crippen molar-refractivity contribution in [3.63, 3.8) is 0 Å². The van der Waals surface area contributed by atoms with Crippen molar-refractivity contribution in [2.24, 2.45) is 0 Å². The first-order valence-corrected chi connectivity index (χ1v) is 27.3. The van der Waals surface area contributed by atoms with E-state index in [4.69, 9.17) is 4.52 Å². The first-order chi connectivity index (χ1) is 26.7. The normalized spacial score (nSPS) is 12.1. The number of carbonyl (C=O) groups excluding carboxylic acids is 1. The number of carbonyl (C=O) groups is 1. The Kier molecular flexibility index (Phi) is 39.2. The molecule has 0 aliphatic carbocycles. The Balaban J connectivity index is 0.00000107. The third kappa shape index (κ3) is 37.1. The number of hydrogen-bond acceptors (Lipinski definition) is 2. The molecule has 0 radical (unpaired) electrons. The maximum atomic E-state index is 12.0. The molecule has 0 spiro atoms. The Hall–Kier alpha value is -0.920. The zero-order valence-electron chi connectivity index (χ0n) is 38.8. The Morgan fingerprint density at radius 3 is 1.05 bits per heavy atom. The molecule has 0 aromatic heterocycles.